The lowest BCUT2D eigenvalue weighted by molar-refractivity contribution is -0.181. The molecule has 6 rings (SSSR count). The van der Waals surface area contributed by atoms with Gasteiger partial charge in [0.1, 0.15) is 0 Å². The standard InChI is InChI=1S/C22H36F4O7S.C21H34F4O8S.C21H34F4O7S2/c1-5-19(28,6-2)16-13-11-14(17(16)20(29,7-3)8-4)15(12-13)18(27)33-10-9-21(23,24)22(25,26)34(30,31)32;2*1-5-18(27,6-2)14-13-11-12(16(33-13)15(14)19(28,7-3)8-4)17(26)32-10-9-20(22,23)21(24,25)34(29,30)31/h13-17,28-29H,5-12H2,1-4H3,(H,30,31,32);2*12-16,27-28H,5-11H2,1-4H3,(H,29,30,31)/p-3. The van der Waals surface area contributed by atoms with Crippen LogP contribution in [0.3, 0.4) is 0 Å². The molecule has 6 bridgehead atoms. The normalized spacial score (nSPS) is 28.4. The van der Waals surface area contributed by atoms with Crippen LogP contribution in [0.5, 0.6) is 0 Å². The van der Waals surface area contributed by atoms with E-state index in [9.17, 15) is 137 Å². The molecule has 6 N–H and O–H groups in total. The lowest BCUT2D eigenvalue weighted by atomic mass is 9.59. The second-order valence-corrected chi connectivity index (χ2v) is 33.9. The molecule has 15 unspecified atom stereocenters. The second-order valence-electron chi connectivity index (χ2n) is 28.3. The minimum atomic E-state index is -6.63. The molecule has 38 heteroatoms. The third-order valence-corrected chi connectivity index (χ3v) is 28.4. The summed E-state index contributed by atoms with van der Waals surface area (Å²) >= 11 is 1.44. The number of rotatable bonds is 36. The van der Waals surface area contributed by atoms with Crippen LogP contribution in [0.1, 0.15) is 205 Å². The van der Waals surface area contributed by atoms with Crippen LogP contribution in [-0.4, -0.2) is 197 Å². The summed E-state index contributed by atoms with van der Waals surface area (Å²) in [6.07, 6.45) is -1.23. The fourth-order valence-corrected chi connectivity index (χ4v) is 20.9. The molecule has 4 aliphatic heterocycles. The highest BCUT2D eigenvalue weighted by Crippen LogP contribution is 2.66. The van der Waals surface area contributed by atoms with Crippen LogP contribution in [0.15, 0.2) is 0 Å². The van der Waals surface area contributed by atoms with E-state index in [1.165, 1.54) is 11.8 Å². The van der Waals surface area contributed by atoms with Gasteiger partial charge in [-0.2, -0.15) is 64.4 Å². The summed E-state index contributed by atoms with van der Waals surface area (Å²) in [6.45, 7) is 18.1. The van der Waals surface area contributed by atoms with Crippen LogP contribution >= 0.6 is 11.8 Å². The molecule has 2 aliphatic carbocycles. The van der Waals surface area contributed by atoms with Crippen molar-refractivity contribution in [1.82, 2.24) is 0 Å². The van der Waals surface area contributed by atoms with Crippen molar-refractivity contribution in [3.8, 4) is 0 Å². The molecule has 0 radical (unpaired) electrons. The Morgan fingerprint density at radius 2 is 0.686 bits per heavy atom. The number of hydrogen-bond acceptors (Lipinski definition) is 23. The maximum Gasteiger partial charge on any atom is 0.396 e. The third-order valence-electron chi connectivity index (χ3n) is 23.9. The van der Waals surface area contributed by atoms with E-state index in [0.717, 1.165) is 0 Å². The van der Waals surface area contributed by atoms with Gasteiger partial charge < -0.3 is 63.2 Å². The van der Waals surface area contributed by atoms with E-state index in [1.54, 1.807) is 41.5 Å². The van der Waals surface area contributed by atoms with Gasteiger partial charge in [-0.25, -0.2) is 25.3 Å². The first-order chi connectivity index (χ1) is 46.4. The molecule has 2 saturated carbocycles. The maximum atomic E-state index is 13.7. The Kier molecular flexibility index (Phi) is 29.6. The van der Waals surface area contributed by atoms with Crippen LogP contribution in [0, 0.1) is 65.1 Å². The summed E-state index contributed by atoms with van der Waals surface area (Å²) in [5.74, 6) is -24.2. The van der Waals surface area contributed by atoms with E-state index in [0.29, 0.717) is 89.9 Å². The molecule has 6 aliphatic rings. The van der Waals surface area contributed by atoms with Gasteiger partial charge >= 0.3 is 51.4 Å². The number of hydrogen-bond donors (Lipinski definition) is 6. The average molecular weight is 1580 g/mol. The van der Waals surface area contributed by atoms with Crippen LogP contribution in [0.25, 0.3) is 0 Å². The number of carbonyl (C=O) groups excluding carboxylic acids is 3. The Bertz CT molecular complexity index is 2850. The molecule has 0 amide bonds. The SMILES string of the molecule is CCC(O)(CC)C1C2CC(C(=O)OCCC(F)(F)C(F)(F)S(=O)(=O)[O-])C(C2)C1C(O)(CC)CC.CCC(O)(CC)C1C2CC(C(=O)OCCC(F)(F)C(F)(F)S(=O)(=O)[O-])C(O2)C1C(O)(CC)CC.CCC(O)(CC)C1C2CC(C(=O)OCCC(F)(F)C(F)(F)S(=O)(=O)[O-])C(S2)C1C(O)(CC)CC. The van der Waals surface area contributed by atoms with Gasteiger partial charge in [-0.3, -0.25) is 14.4 Å². The van der Waals surface area contributed by atoms with Crippen molar-refractivity contribution in [3.63, 3.8) is 0 Å². The molecule has 6 fully saturated rings. The van der Waals surface area contributed by atoms with E-state index in [2.05, 4.69) is 0 Å². The van der Waals surface area contributed by atoms with E-state index < -0.39 is 213 Å². The fraction of sp³-hybridized carbons (Fsp3) is 0.953. The Labute approximate surface area is 592 Å². The predicted molar refractivity (Wildman–Crippen MR) is 339 cm³/mol. The van der Waals surface area contributed by atoms with Crippen molar-refractivity contribution in [2.75, 3.05) is 19.8 Å². The number of esters is 3. The highest BCUT2D eigenvalue weighted by molar-refractivity contribution is 8.01. The summed E-state index contributed by atoms with van der Waals surface area (Å²) < 4.78 is 276. The minimum Gasteiger partial charge on any atom is -0.743 e. The summed E-state index contributed by atoms with van der Waals surface area (Å²) in [7, 11) is -19.9. The van der Waals surface area contributed by atoms with Crippen molar-refractivity contribution < 1.29 is 156 Å². The van der Waals surface area contributed by atoms with Gasteiger partial charge in [0, 0.05) is 34.2 Å². The minimum absolute atomic E-state index is 0.0813. The highest BCUT2D eigenvalue weighted by Gasteiger charge is 2.70. The molecule has 102 heavy (non-hydrogen) atoms. The van der Waals surface area contributed by atoms with Gasteiger partial charge in [0.15, 0.2) is 30.4 Å². The number of thioether (sulfide) groups is 1. The van der Waals surface area contributed by atoms with Gasteiger partial charge in [0.05, 0.1) is 103 Å². The average Bonchev–Trinajstić information content (AvgIpc) is 1.57. The number of aliphatic hydroxyl groups is 6. The molecule has 4 saturated heterocycles. The van der Waals surface area contributed by atoms with Crippen molar-refractivity contribution in [2.45, 2.75) is 295 Å². The zero-order valence-corrected chi connectivity index (χ0v) is 62.4. The van der Waals surface area contributed by atoms with Crippen molar-refractivity contribution in [3.05, 3.63) is 0 Å². The molecule has 15 atom stereocenters. The van der Waals surface area contributed by atoms with E-state index >= 15 is 0 Å². The first-order valence-corrected chi connectivity index (χ1v) is 39.8. The highest BCUT2D eigenvalue weighted by atomic mass is 32.2. The topological polar surface area (TPSA) is 381 Å². The fourth-order valence-electron chi connectivity index (χ4n) is 17.2. The summed E-state index contributed by atoms with van der Waals surface area (Å²) in [4.78, 5) is 38.1. The van der Waals surface area contributed by atoms with Gasteiger partial charge in [0.25, 0.3) is 0 Å². The van der Waals surface area contributed by atoms with Crippen LogP contribution in [-0.2, 0) is 63.7 Å². The summed E-state index contributed by atoms with van der Waals surface area (Å²) in [5.41, 5.74) is -6.94. The zero-order chi connectivity index (χ0) is 79.0. The Morgan fingerprint density at radius 3 is 1.03 bits per heavy atom. The molecule has 0 aromatic rings. The summed E-state index contributed by atoms with van der Waals surface area (Å²) in [5, 5.41) is 49.7. The van der Waals surface area contributed by atoms with Crippen LogP contribution in [0.2, 0.25) is 0 Å². The number of alkyl halides is 12. The smallest absolute Gasteiger partial charge is 0.396 e. The van der Waals surface area contributed by atoms with E-state index in [1.807, 2.05) is 41.5 Å². The first-order valence-electron chi connectivity index (χ1n) is 34.7. The van der Waals surface area contributed by atoms with Crippen molar-refractivity contribution in [1.29, 1.82) is 0 Å². The molecule has 600 valence electrons. The largest absolute Gasteiger partial charge is 0.743 e. The predicted octanol–water partition coefficient (Wildman–Crippen LogP) is 10.0. The number of carbonyl (C=O) groups is 3. The zero-order valence-electron chi connectivity index (χ0n) is 59.1. The Balaban J connectivity index is 0.000000324. The van der Waals surface area contributed by atoms with Crippen molar-refractivity contribution in [2.24, 2.45) is 65.1 Å². The second kappa shape index (κ2) is 32.9. The third kappa shape index (κ3) is 17.3. The van der Waals surface area contributed by atoms with Crippen LogP contribution in [0.4, 0.5) is 52.7 Å². The maximum absolute atomic E-state index is 13.7. The van der Waals surface area contributed by atoms with Gasteiger partial charge in [-0.05, 0) is 126 Å². The summed E-state index contributed by atoms with van der Waals surface area (Å²) in [6, 6.07) is 0. The first kappa shape index (κ1) is 91.8. The van der Waals surface area contributed by atoms with Crippen LogP contribution < -0.4 is 0 Å². The molecule has 4 heterocycles. The van der Waals surface area contributed by atoms with E-state index in [4.69, 9.17) is 18.9 Å². The lowest BCUT2D eigenvalue weighted by Crippen LogP contribution is -2.57. The molecular weight excluding hydrogens is 1480 g/mol. The molecule has 0 aromatic heterocycles. The number of ether oxygens (including phenoxy) is 4. The molecule has 0 spiro atoms. The van der Waals surface area contributed by atoms with Gasteiger partial charge in [-0.1, -0.05) is 83.1 Å². The quantitative estimate of drug-likeness (QED) is 0.0147. The number of halogens is 12. The number of fused-ring (bicyclic) bond motifs is 6. The Morgan fingerprint density at radius 1 is 0.392 bits per heavy atom. The van der Waals surface area contributed by atoms with Crippen molar-refractivity contribution >= 4 is 60.0 Å². The Hall–Kier alpha value is -2.63. The molecule has 22 nitrogen and oxygen atoms in total. The molecule has 0 aromatic carbocycles. The monoisotopic (exact) mass is 1580 g/mol. The van der Waals surface area contributed by atoms with E-state index in [-0.39, 0.29) is 41.8 Å². The van der Waals surface area contributed by atoms with Gasteiger partial charge in [0.2, 0.25) is 0 Å². The van der Waals surface area contributed by atoms with Gasteiger partial charge in [-0.15, -0.1) is 0 Å². The molecular formula is C64H101F12O22S4-3. The lowest BCUT2D eigenvalue weighted by Gasteiger charge is -2.50.